The number of benzene rings is 1. The molecule has 86 valence electrons. The number of rotatable bonds is 3. The van der Waals surface area contributed by atoms with E-state index in [0.29, 0.717) is 10.6 Å². The Morgan fingerprint density at radius 1 is 1.35 bits per heavy atom. The molecule has 0 unspecified atom stereocenters. The third-order valence-corrected chi connectivity index (χ3v) is 3.56. The fraction of sp³-hybridized carbons (Fsp3) is 0.0833. The molecular weight excluding hydrogens is 256 g/mol. The smallest absolute Gasteiger partial charge is 0.159 e. The van der Waals surface area contributed by atoms with Crippen molar-refractivity contribution >= 4 is 29.1 Å². The molecule has 0 fully saturated rings. The number of Topliss-reactive ketones (excluding diaryl/α,β-unsaturated/α-hetero) is 1. The number of carbonyl (C=O) groups excluding carboxylic acids is 1. The second kappa shape index (κ2) is 5.29. The van der Waals surface area contributed by atoms with Gasteiger partial charge in [0, 0.05) is 16.7 Å². The van der Waals surface area contributed by atoms with Gasteiger partial charge in [-0.2, -0.15) is 0 Å². The number of hydrogen-bond donors (Lipinski definition) is 0. The molecule has 1 aromatic carbocycles. The van der Waals surface area contributed by atoms with Gasteiger partial charge in [0.05, 0.1) is 5.02 Å². The third kappa shape index (κ3) is 3.05. The summed E-state index contributed by atoms with van der Waals surface area (Å²) in [5.74, 6) is 0.00508. The lowest BCUT2D eigenvalue weighted by Crippen LogP contribution is -1.91. The number of aromatic nitrogens is 2. The van der Waals surface area contributed by atoms with Crippen LogP contribution in [-0.4, -0.2) is 15.8 Å². The summed E-state index contributed by atoms with van der Waals surface area (Å²) in [6, 6.07) is 7.07. The van der Waals surface area contributed by atoms with Crippen molar-refractivity contribution in [1.29, 1.82) is 0 Å². The van der Waals surface area contributed by atoms with Crippen molar-refractivity contribution in [2.45, 2.75) is 16.8 Å². The molecule has 0 amide bonds. The summed E-state index contributed by atoms with van der Waals surface area (Å²) < 4.78 is 0. The molecule has 0 radical (unpaired) electrons. The van der Waals surface area contributed by atoms with Crippen LogP contribution < -0.4 is 0 Å². The molecule has 0 aliphatic heterocycles. The molecule has 0 aliphatic rings. The Morgan fingerprint density at radius 2 is 2.18 bits per heavy atom. The summed E-state index contributed by atoms with van der Waals surface area (Å²) in [7, 11) is 0. The highest BCUT2D eigenvalue weighted by Gasteiger charge is 2.06. The second-order valence-corrected chi connectivity index (χ2v) is 4.82. The first-order valence-corrected chi connectivity index (χ1v) is 6.10. The van der Waals surface area contributed by atoms with Gasteiger partial charge < -0.3 is 0 Å². The number of nitrogens with zero attached hydrogens (tertiary/aromatic N) is 2. The Kier molecular flexibility index (Phi) is 3.76. The van der Waals surface area contributed by atoms with Crippen molar-refractivity contribution in [3.63, 3.8) is 0 Å². The van der Waals surface area contributed by atoms with Gasteiger partial charge in [0.1, 0.15) is 11.4 Å². The van der Waals surface area contributed by atoms with Gasteiger partial charge in [0.2, 0.25) is 0 Å². The molecule has 0 N–H and O–H groups in total. The van der Waals surface area contributed by atoms with E-state index in [0.717, 1.165) is 9.92 Å². The van der Waals surface area contributed by atoms with Crippen LogP contribution in [0.1, 0.15) is 17.3 Å². The van der Waals surface area contributed by atoms with Crippen LogP contribution in [0.25, 0.3) is 0 Å². The van der Waals surface area contributed by atoms with Crippen molar-refractivity contribution in [1.82, 2.24) is 9.97 Å². The van der Waals surface area contributed by atoms with Gasteiger partial charge in [-0.25, -0.2) is 9.97 Å². The first-order valence-electron chi connectivity index (χ1n) is 4.91. The van der Waals surface area contributed by atoms with Crippen LogP contribution in [0.15, 0.2) is 46.7 Å². The van der Waals surface area contributed by atoms with E-state index >= 15 is 0 Å². The average Bonchev–Trinajstić information content (AvgIpc) is 2.33. The van der Waals surface area contributed by atoms with E-state index in [2.05, 4.69) is 9.97 Å². The van der Waals surface area contributed by atoms with Crippen LogP contribution in [0.4, 0.5) is 0 Å². The SMILES string of the molecule is CC(=O)c1ccc(Sc2ccncn2)c(Cl)c1. The molecule has 1 aromatic heterocycles. The zero-order valence-electron chi connectivity index (χ0n) is 9.05. The first kappa shape index (κ1) is 12.1. The summed E-state index contributed by atoms with van der Waals surface area (Å²) in [4.78, 5) is 20.0. The molecule has 0 aliphatic carbocycles. The highest BCUT2D eigenvalue weighted by Crippen LogP contribution is 2.32. The van der Waals surface area contributed by atoms with Gasteiger partial charge in [0.25, 0.3) is 0 Å². The lowest BCUT2D eigenvalue weighted by atomic mass is 10.1. The van der Waals surface area contributed by atoms with Gasteiger partial charge >= 0.3 is 0 Å². The van der Waals surface area contributed by atoms with Crippen molar-refractivity contribution in [2.24, 2.45) is 0 Å². The molecule has 2 rings (SSSR count). The number of carbonyl (C=O) groups is 1. The zero-order chi connectivity index (χ0) is 12.3. The van der Waals surface area contributed by atoms with Crippen LogP contribution in [-0.2, 0) is 0 Å². The monoisotopic (exact) mass is 264 g/mol. The highest BCUT2D eigenvalue weighted by molar-refractivity contribution is 7.99. The minimum atomic E-state index is 0.00508. The molecule has 0 spiro atoms. The Bertz CT molecular complexity index is 545. The predicted molar refractivity (Wildman–Crippen MR) is 67.6 cm³/mol. The maximum Gasteiger partial charge on any atom is 0.159 e. The van der Waals surface area contributed by atoms with E-state index in [1.807, 2.05) is 6.07 Å². The summed E-state index contributed by atoms with van der Waals surface area (Å²) in [6.45, 7) is 1.52. The highest BCUT2D eigenvalue weighted by atomic mass is 35.5. The van der Waals surface area contributed by atoms with Crippen LogP contribution in [0.5, 0.6) is 0 Å². The summed E-state index contributed by atoms with van der Waals surface area (Å²) >= 11 is 7.55. The van der Waals surface area contributed by atoms with Crippen LogP contribution in [0, 0.1) is 0 Å². The van der Waals surface area contributed by atoms with Crippen molar-refractivity contribution in [3.8, 4) is 0 Å². The minimum Gasteiger partial charge on any atom is -0.295 e. The quantitative estimate of drug-likeness (QED) is 0.629. The number of hydrogen-bond acceptors (Lipinski definition) is 4. The molecule has 0 bridgehead atoms. The van der Waals surface area contributed by atoms with E-state index < -0.39 is 0 Å². The fourth-order valence-corrected chi connectivity index (χ4v) is 2.30. The lowest BCUT2D eigenvalue weighted by Gasteiger charge is -2.04. The average molecular weight is 265 g/mol. The molecule has 17 heavy (non-hydrogen) atoms. The van der Waals surface area contributed by atoms with Gasteiger partial charge in [-0.05, 0) is 25.1 Å². The largest absolute Gasteiger partial charge is 0.295 e. The molecular formula is C12H9ClN2OS. The van der Waals surface area contributed by atoms with Crippen molar-refractivity contribution in [2.75, 3.05) is 0 Å². The predicted octanol–water partition coefficient (Wildman–Crippen LogP) is 3.48. The molecule has 1 heterocycles. The van der Waals surface area contributed by atoms with Crippen LogP contribution >= 0.6 is 23.4 Å². The summed E-state index contributed by atoms with van der Waals surface area (Å²) in [6.07, 6.45) is 3.16. The Morgan fingerprint density at radius 3 is 2.76 bits per heavy atom. The fourth-order valence-electron chi connectivity index (χ4n) is 1.25. The minimum absolute atomic E-state index is 0.00508. The summed E-state index contributed by atoms with van der Waals surface area (Å²) in [5, 5.41) is 1.37. The molecule has 0 atom stereocenters. The van der Waals surface area contributed by atoms with E-state index in [1.54, 1.807) is 24.4 Å². The maximum absolute atomic E-state index is 11.2. The molecule has 2 aromatic rings. The second-order valence-electron chi connectivity index (χ2n) is 3.35. The van der Waals surface area contributed by atoms with E-state index in [4.69, 9.17) is 11.6 Å². The van der Waals surface area contributed by atoms with Gasteiger partial charge in [-0.1, -0.05) is 29.4 Å². The van der Waals surface area contributed by atoms with Crippen LogP contribution in [0.3, 0.4) is 0 Å². The van der Waals surface area contributed by atoms with Gasteiger partial charge in [-0.15, -0.1) is 0 Å². The zero-order valence-corrected chi connectivity index (χ0v) is 10.6. The Labute approximate surface area is 108 Å². The topological polar surface area (TPSA) is 42.9 Å². The molecule has 5 heteroatoms. The number of halogens is 1. The van der Waals surface area contributed by atoms with Crippen LogP contribution in [0.2, 0.25) is 5.02 Å². The normalized spacial score (nSPS) is 10.2. The molecule has 0 saturated heterocycles. The summed E-state index contributed by atoms with van der Waals surface area (Å²) in [5.41, 5.74) is 0.613. The van der Waals surface area contributed by atoms with Crippen molar-refractivity contribution < 1.29 is 4.79 Å². The third-order valence-electron chi connectivity index (χ3n) is 2.11. The first-order chi connectivity index (χ1) is 8.16. The van der Waals surface area contributed by atoms with E-state index in [1.165, 1.54) is 25.0 Å². The lowest BCUT2D eigenvalue weighted by molar-refractivity contribution is 0.101. The van der Waals surface area contributed by atoms with Gasteiger partial charge in [-0.3, -0.25) is 4.79 Å². The van der Waals surface area contributed by atoms with Gasteiger partial charge in [0.15, 0.2) is 5.78 Å². The Hall–Kier alpha value is -1.39. The maximum atomic E-state index is 11.2. The van der Waals surface area contributed by atoms with E-state index in [-0.39, 0.29) is 5.78 Å². The molecule has 0 saturated carbocycles. The molecule has 3 nitrogen and oxygen atoms in total. The Balaban J connectivity index is 2.26. The standard InChI is InChI=1S/C12H9ClN2OS/c1-8(16)9-2-3-11(10(13)6-9)17-12-4-5-14-7-15-12/h2-7H,1H3. The van der Waals surface area contributed by atoms with Crippen molar-refractivity contribution in [3.05, 3.63) is 47.4 Å². The number of ketones is 1. The van der Waals surface area contributed by atoms with E-state index in [9.17, 15) is 4.79 Å².